The van der Waals surface area contributed by atoms with Crippen molar-refractivity contribution < 1.29 is 9.59 Å². The number of rotatable bonds is 8. The lowest BCUT2D eigenvalue weighted by molar-refractivity contribution is -0.133. The van der Waals surface area contributed by atoms with Gasteiger partial charge in [0, 0.05) is 30.9 Å². The molecule has 3 heterocycles. The summed E-state index contributed by atoms with van der Waals surface area (Å²) in [5.41, 5.74) is 2.38. The van der Waals surface area contributed by atoms with Crippen LogP contribution in [0.4, 0.5) is 0 Å². The highest BCUT2D eigenvalue weighted by Crippen LogP contribution is 2.33. The lowest BCUT2D eigenvalue weighted by Crippen LogP contribution is -2.39. The van der Waals surface area contributed by atoms with E-state index in [2.05, 4.69) is 34.6 Å². The van der Waals surface area contributed by atoms with Crippen LogP contribution < -0.4 is 10.9 Å². The molecule has 1 aliphatic heterocycles. The van der Waals surface area contributed by atoms with Gasteiger partial charge in [-0.25, -0.2) is 4.98 Å². The lowest BCUT2D eigenvalue weighted by Gasteiger charge is -2.32. The molecule has 3 aromatic rings. The fraction of sp³-hybridized carbons (Fsp3) is 0.500. The number of piperidine rings is 1. The molecule has 0 bridgehead atoms. The van der Waals surface area contributed by atoms with Crippen LogP contribution >= 0.6 is 11.3 Å². The predicted octanol–water partition coefficient (Wildman–Crippen LogP) is 3.71. The summed E-state index contributed by atoms with van der Waals surface area (Å²) in [5.74, 6) is 0.569. The smallest absolute Gasteiger partial charge is 0.262 e. The van der Waals surface area contributed by atoms with Crippen LogP contribution in [-0.4, -0.2) is 45.9 Å². The Labute approximate surface area is 215 Å². The molecular weight excluding hydrogens is 472 g/mol. The average molecular weight is 507 g/mol. The zero-order valence-corrected chi connectivity index (χ0v) is 21.5. The summed E-state index contributed by atoms with van der Waals surface area (Å²) in [6.07, 6.45) is 9.85. The van der Waals surface area contributed by atoms with Gasteiger partial charge in [0.1, 0.15) is 11.4 Å². The zero-order chi connectivity index (χ0) is 24.9. The predicted molar refractivity (Wildman–Crippen MR) is 142 cm³/mol. The molecule has 2 amide bonds. The molecule has 0 unspecified atom stereocenters. The molecule has 0 saturated carbocycles. The summed E-state index contributed by atoms with van der Waals surface area (Å²) >= 11 is 1.61. The third kappa shape index (κ3) is 5.69. The molecule has 1 saturated heterocycles. The molecule has 2 aliphatic rings. The molecule has 1 N–H and O–H groups in total. The lowest BCUT2D eigenvalue weighted by atomic mass is 9.90. The van der Waals surface area contributed by atoms with Crippen LogP contribution in [0.3, 0.4) is 0 Å². The number of likely N-dealkylation sites (tertiary alicyclic amines) is 1. The standard InChI is InChI=1S/C28H34N4O3S/c33-24(18-32-19-30-27-26(28(32)35)22-9-4-5-10-23(22)36-27)29-14-6-11-25(34)31-15-12-21(13-16-31)17-20-7-2-1-3-8-20/h1-3,7-8,19,21H,4-6,9-18H2,(H,29,33). The van der Waals surface area contributed by atoms with Gasteiger partial charge in [-0.1, -0.05) is 30.3 Å². The third-order valence-corrected chi connectivity index (χ3v) is 8.68. The van der Waals surface area contributed by atoms with Crippen LogP contribution in [0.15, 0.2) is 41.5 Å². The Morgan fingerprint density at radius 3 is 2.67 bits per heavy atom. The first-order valence-electron chi connectivity index (χ1n) is 13.2. The normalized spacial score (nSPS) is 16.2. The number of hydrogen-bond acceptors (Lipinski definition) is 5. The number of benzene rings is 1. The van der Waals surface area contributed by atoms with E-state index in [1.54, 1.807) is 11.3 Å². The topological polar surface area (TPSA) is 84.3 Å². The van der Waals surface area contributed by atoms with Gasteiger partial charge in [0.15, 0.2) is 0 Å². The van der Waals surface area contributed by atoms with Crippen molar-refractivity contribution in [3.05, 3.63) is 63.0 Å². The molecule has 0 radical (unpaired) electrons. The van der Waals surface area contributed by atoms with Crippen molar-refractivity contribution in [3.63, 3.8) is 0 Å². The van der Waals surface area contributed by atoms with Crippen molar-refractivity contribution in [2.75, 3.05) is 19.6 Å². The van der Waals surface area contributed by atoms with Gasteiger partial charge in [0.05, 0.1) is 11.7 Å². The van der Waals surface area contributed by atoms with E-state index in [1.807, 2.05) is 11.0 Å². The Morgan fingerprint density at radius 1 is 1.08 bits per heavy atom. The summed E-state index contributed by atoms with van der Waals surface area (Å²) in [4.78, 5) is 46.6. The minimum Gasteiger partial charge on any atom is -0.355 e. The highest BCUT2D eigenvalue weighted by molar-refractivity contribution is 7.18. The molecule has 190 valence electrons. The number of nitrogens with one attached hydrogen (secondary N) is 1. The number of aryl methyl sites for hydroxylation is 2. The quantitative estimate of drug-likeness (QED) is 0.472. The summed E-state index contributed by atoms with van der Waals surface area (Å²) < 4.78 is 1.41. The van der Waals surface area contributed by atoms with E-state index in [4.69, 9.17) is 0 Å². The second-order valence-corrected chi connectivity index (χ2v) is 11.1. The molecule has 1 fully saturated rings. The molecule has 36 heavy (non-hydrogen) atoms. The summed E-state index contributed by atoms with van der Waals surface area (Å²) in [6, 6.07) is 10.5. The number of carbonyl (C=O) groups excluding carboxylic acids is 2. The SMILES string of the molecule is O=C(Cn1cnc2sc3c(c2c1=O)CCCC3)NCCCC(=O)N1CCC(Cc2ccccc2)CC1. The summed E-state index contributed by atoms with van der Waals surface area (Å²) in [7, 11) is 0. The van der Waals surface area contributed by atoms with E-state index in [-0.39, 0.29) is 23.9 Å². The van der Waals surface area contributed by atoms with Gasteiger partial charge in [0.2, 0.25) is 11.8 Å². The molecule has 1 aromatic carbocycles. The molecule has 7 nitrogen and oxygen atoms in total. The van der Waals surface area contributed by atoms with Crippen LogP contribution in [-0.2, 0) is 35.4 Å². The van der Waals surface area contributed by atoms with Crippen molar-refractivity contribution in [3.8, 4) is 0 Å². The van der Waals surface area contributed by atoms with Gasteiger partial charge >= 0.3 is 0 Å². The number of aromatic nitrogens is 2. The number of nitrogens with zero attached hydrogens (tertiary/aromatic N) is 3. The molecule has 1 aliphatic carbocycles. The van der Waals surface area contributed by atoms with Crippen LogP contribution in [0.5, 0.6) is 0 Å². The second-order valence-electron chi connectivity index (χ2n) is 10.0. The van der Waals surface area contributed by atoms with Crippen LogP contribution in [0.25, 0.3) is 10.2 Å². The number of amides is 2. The number of carbonyl (C=O) groups is 2. The number of thiophene rings is 1. The first kappa shape index (κ1) is 24.7. The first-order valence-corrected chi connectivity index (χ1v) is 14.0. The molecule has 2 aromatic heterocycles. The van der Waals surface area contributed by atoms with Gasteiger partial charge in [-0.3, -0.25) is 19.0 Å². The van der Waals surface area contributed by atoms with Gasteiger partial charge in [-0.15, -0.1) is 11.3 Å². The maximum absolute atomic E-state index is 13.0. The fourth-order valence-electron chi connectivity index (χ4n) is 5.46. The number of fused-ring (bicyclic) bond motifs is 3. The average Bonchev–Trinajstić information content (AvgIpc) is 3.28. The van der Waals surface area contributed by atoms with Gasteiger partial charge in [0.25, 0.3) is 5.56 Å². The van der Waals surface area contributed by atoms with Crippen molar-refractivity contribution >= 4 is 33.4 Å². The summed E-state index contributed by atoms with van der Waals surface area (Å²) in [5, 5.41) is 3.56. The first-order chi connectivity index (χ1) is 17.6. The second kappa shape index (κ2) is 11.4. The largest absolute Gasteiger partial charge is 0.355 e. The Balaban J connectivity index is 1.04. The van der Waals surface area contributed by atoms with Gasteiger partial charge in [-0.2, -0.15) is 0 Å². The molecule has 8 heteroatoms. The molecule has 0 spiro atoms. The van der Waals surface area contributed by atoms with Crippen LogP contribution in [0.2, 0.25) is 0 Å². The zero-order valence-electron chi connectivity index (χ0n) is 20.7. The van der Waals surface area contributed by atoms with Gasteiger partial charge < -0.3 is 10.2 Å². The minimum absolute atomic E-state index is 0.0464. The Hall–Kier alpha value is -3.00. The third-order valence-electron chi connectivity index (χ3n) is 7.48. The van der Waals surface area contributed by atoms with E-state index >= 15 is 0 Å². The Morgan fingerprint density at radius 2 is 1.86 bits per heavy atom. The fourth-order valence-corrected chi connectivity index (χ4v) is 6.68. The van der Waals surface area contributed by atoms with Crippen LogP contribution in [0.1, 0.15) is 54.5 Å². The monoisotopic (exact) mass is 506 g/mol. The van der Waals surface area contributed by atoms with Crippen molar-refractivity contribution in [2.24, 2.45) is 5.92 Å². The maximum atomic E-state index is 13.0. The molecular formula is C28H34N4O3S. The van der Waals surface area contributed by atoms with E-state index in [0.29, 0.717) is 30.7 Å². The Kier molecular flexibility index (Phi) is 7.80. The van der Waals surface area contributed by atoms with E-state index in [1.165, 1.54) is 21.3 Å². The minimum atomic E-state index is -0.225. The summed E-state index contributed by atoms with van der Waals surface area (Å²) in [6.45, 7) is 2.00. The van der Waals surface area contributed by atoms with E-state index in [0.717, 1.165) is 68.4 Å². The highest BCUT2D eigenvalue weighted by Gasteiger charge is 2.23. The maximum Gasteiger partial charge on any atom is 0.262 e. The van der Waals surface area contributed by atoms with Crippen LogP contribution in [0, 0.1) is 5.92 Å². The highest BCUT2D eigenvalue weighted by atomic mass is 32.1. The van der Waals surface area contributed by atoms with Crippen molar-refractivity contribution in [1.29, 1.82) is 0 Å². The molecule has 0 atom stereocenters. The number of hydrogen-bond donors (Lipinski definition) is 1. The van der Waals surface area contributed by atoms with E-state index < -0.39 is 0 Å². The van der Waals surface area contributed by atoms with Gasteiger partial charge in [-0.05, 0) is 68.4 Å². The van der Waals surface area contributed by atoms with Crippen molar-refractivity contribution in [2.45, 2.75) is 64.3 Å². The Bertz CT molecular complexity index is 1280. The van der Waals surface area contributed by atoms with E-state index in [9.17, 15) is 14.4 Å². The van der Waals surface area contributed by atoms with Crippen molar-refractivity contribution in [1.82, 2.24) is 19.8 Å². The molecule has 5 rings (SSSR count).